The van der Waals surface area contributed by atoms with E-state index in [2.05, 4.69) is 34.6 Å². The zero-order chi connectivity index (χ0) is 13.8. The van der Waals surface area contributed by atoms with Gasteiger partial charge in [-0.2, -0.15) is 0 Å². The quantitative estimate of drug-likeness (QED) is 0.926. The topological polar surface area (TPSA) is 34.1 Å². The zero-order valence-corrected chi connectivity index (χ0v) is 11.8. The Morgan fingerprint density at radius 1 is 1.15 bits per heavy atom. The van der Waals surface area contributed by atoms with Crippen LogP contribution in [0.2, 0.25) is 0 Å². The molecule has 1 aliphatic rings. The lowest BCUT2D eigenvalue weighted by Crippen LogP contribution is -2.34. The van der Waals surface area contributed by atoms with Gasteiger partial charge < -0.3 is 10.1 Å². The molecule has 0 bridgehead atoms. The van der Waals surface area contributed by atoms with E-state index < -0.39 is 0 Å². The van der Waals surface area contributed by atoms with Crippen molar-refractivity contribution in [3.05, 3.63) is 59.3 Å². The van der Waals surface area contributed by atoms with E-state index in [1.807, 2.05) is 18.2 Å². The number of aromatic nitrogens is 1. The molecular formula is C17H20N2O. The Morgan fingerprint density at radius 3 is 2.85 bits per heavy atom. The van der Waals surface area contributed by atoms with E-state index >= 15 is 0 Å². The normalized spacial score (nSPS) is 17.6. The molecule has 0 aliphatic heterocycles. The SMILES string of the molecule is COc1cccc(CNC2CCc3ccccc3C2)n1. The molecule has 1 unspecified atom stereocenters. The molecular weight excluding hydrogens is 248 g/mol. The minimum absolute atomic E-state index is 0.540. The lowest BCUT2D eigenvalue weighted by Gasteiger charge is -2.25. The standard InChI is InChI=1S/C17H20N2O/c1-20-17-8-4-7-16(19-17)12-18-15-10-9-13-5-2-3-6-14(13)11-15/h2-8,15,18H,9-12H2,1H3. The van der Waals surface area contributed by atoms with Crippen molar-refractivity contribution in [1.82, 2.24) is 10.3 Å². The molecule has 0 saturated carbocycles. The van der Waals surface area contributed by atoms with Gasteiger partial charge in [0.05, 0.1) is 12.8 Å². The van der Waals surface area contributed by atoms with Gasteiger partial charge in [0.2, 0.25) is 5.88 Å². The summed E-state index contributed by atoms with van der Waals surface area (Å²) in [4.78, 5) is 4.44. The third kappa shape index (κ3) is 2.99. The Kier molecular flexibility index (Phi) is 3.97. The number of fused-ring (bicyclic) bond motifs is 1. The number of ether oxygens (including phenoxy) is 1. The smallest absolute Gasteiger partial charge is 0.213 e. The first kappa shape index (κ1) is 13.1. The number of hydrogen-bond donors (Lipinski definition) is 1. The van der Waals surface area contributed by atoms with Crippen LogP contribution in [-0.4, -0.2) is 18.1 Å². The van der Waals surface area contributed by atoms with Crippen LogP contribution >= 0.6 is 0 Å². The first-order chi connectivity index (χ1) is 9.85. The summed E-state index contributed by atoms with van der Waals surface area (Å²) in [5.74, 6) is 0.679. The molecule has 0 fully saturated rings. The van der Waals surface area contributed by atoms with Crippen molar-refractivity contribution < 1.29 is 4.74 Å². The van der Waals surface area contributed by atoms with Crippen LogP contribution in [0.15, 0.2) is 42.5 Å². The van der Waals surface area contributed by atoms with Crippen LogP contribution in [0, 0.1) is 0 Å². The van der Waals surface area contributed by atoms with Gasteiger partial charge in [-0.1, -0.05) is 30.3 Å². The van der Waals surface area contributed by atoms with Crippen LogP contribution in [0.5, 0.6) is 5.88 Å². The molecule has 2 aromatic rings. The maximum atomic E-state index is 5.15. The van der Waals surface area contributed by atoms with Crippen LogP contribution in [0.4, 0.5) is 0 Å². The van der Waals surface area contributed by atoms with Gasteiger partial charge in [-0.25, -0.2) is 4.98 Å². The van der Waals surface area contributed by atoms with E-state index in [0.29, 0.717) is 11.9 Å². The largest absolute Gasteiger partial charge is 0.481 e. The van der Waals surface area contributed by atoms with Crippen LogP contribution < -0.4 is 10.1 Å². The van der Waals surface area contributed by atoms with Crippen molar-refractivity contribution in [2.45, 2.75) is 31.8 Å². The zero-order valence-electron chi connectivity index (χ0n) is 11.8. The highest BCUT2D eigenvalue weighted by Gasteiger charge is 2.17. The van der Waals surface area contributed by atoms with Gasteiger partial charge in [0.25, 0.3) is 0 Å². The second kappa shape index (κ2) is 6.06. The molecule has 3 rings (SSSR count). The van der Waals surface area contributed by atoms with Gasteiger partial charge in [-0.3, -0.25) is 0 Å². The Balaban J connectivity index is 1.60. The fourth-order valence-electron chi connectivity index (χ4n) is 2.79. The third-order valence-corrected chi connectivity index (χ3v) is 3.91. The summed E-state index contributed by atoms with van der Waals surface area (Å²) in [6, 6.07) is 15.2. The minimum atomic E-state index is 0.540. The predicted octanol–water partition coefficient (Wildman–Crippen LogP) is 2.74. The van der Waals surface area contributed by atoms with Gasteiger partial charge in [0.1, 0.15) is 0 Å². The van der Waals surface area contributed by atoms with E-state index in [-0.39, 0.29) is 0 Å². The Morgan fingerprint density at radius 2 is 2.00 bits per heavy atom. The van der Waals surface area contributed by atoms with Crippen molar-refractivity contribution in [3.8, 4) is 5.88 Å². The average Bonchev–Trinajstić information content (AvgIpc) is 2.53. The van der Waals surface area contributed by atoms with Crippen molar-refractivity contribution in [2.24, 2.45) is 0 Å². The molecule has 1 N–H and O–H groups in total. The van der Waals surface area contributed by atoms with Gasteiger partial charge >= 0.3 is 0 Å². The summed E-state index contributed by atoms with van der Waals surface area (Å²) in [6.07, 6.45) is 3.47. The number of nitrogens with zero attached hydrogens (tertiary/aromatic N) is 1. The highest BCUT2D eigenvalue weighted by atomic mass is 16.5. The Labute approximate surface area is 120 Å². The van der Waals surface area contributed by atoms with Crippen LogP contribution in [0.25, 0.3) is 0 Å². The Bertz CT molecular complexity index is 583. The fourth-order valence-corrected chi connectivity index (χ4v) is 2.79. The number of methoxy groups -OCH3 is 1. The van der Waals surface area contributed by atoms with Crippen molar-refractivity contribution in [2.75, 3.05) is 7.11 Å². The van der Waals surface area contributed by atoms with E-state index in [0.717, 1.165) is 18.7 Å². The van der Waals surface area contributed by atoms with Crippen molar-refractivity contribution >= 4 is 0 Å². The third-order valence-electron chi connectivity index (χ3n) is 3.91. The first-order valence-electron chi connectivity index (χ1n) is 7.15. The maximum absolute atomic E-state index is 5.15. The molecule has 3 nitrogen and oxygen atoms in total. The monoisotopic (exact) mass is 268 g/mol. The summed E-state index contributed by atoms with van der Waals surface area (Å²) in [5.41, 5.74) is 4.02. The second-order valence-electron chi connectivity index (χ2n) is 5.26. The molecule has 0 spiro atoms. The predicted molar refractivity (Wildman–Crippen MR) is 79.9 cm³/mol. The average molecular weight is 268 g/mol. The fraction of sp³-hybridized carbons (Fsp3) is 0.353. The summed E-state index contributed by atoms with van der Waals surface area (Å²) < 4.78 is 5.15. The molecule has 20 heavy (non-hydrogen) atoms. The molecule has 0 radical (unpaired) electrons. The highest BCUT2D eigenvalue weighted by Crippen LogP contribution is 2.21. The van der Waals surface area contributed by atoms with E-state index in [1.54, 1.807) is 7.11 Å². The lowest BCUT2D eigenvalue weighted by atomic mass is 9.88. The number of hydrogen-bond acceptors (Lipinski definition) is 3. The molecule has 104 valence electrons. The summed E-state index contributed by atoms with van der Waals surface area (Å²) in [5, 5.41) is 3.61. The van der Waals surface area contributed by atoms with Crippen molar-refractivity contribution in [3.63, 3.8) is 0 Å². The molecule has 0 amide bonds. The molecule has 0 saturated heterocycles. The minimum Gasteiger partial charge on any atom is -0.481 e. The van der Waals surface area contributed by atoms with Crippen LogP contribution in [0.3, 0.4) is 0 Å². The lowest BCUT2D eigenvalue weighted by molar-refractivity contribution is 0.393. The first-order valence-corrected chi connectivity index (χ1v) is 7.15. The van der Waals surface area contributed by atoms with Crippen molar-refractivity contribution in [1.29, 1.82) is 0 Å². The molecule has 1 aliphatic carbocycles. The molecule has 1 aromatic heterocycles. The molecule has 1 atom stereocenters. The van der Waals surface area contributed by atoms with Gasteiger partial charge in [-0.05, 0) is 36.5 Å². The molecule has 1 aromatic carbocycles. The van der Waals surface area contributed by atoms with Crippen LogP contribution in [0.1, 0.15) is 23.2 Å². The number of rotatable bonds is 4. The number of nitrogens with one attached hydrogen (secondary N) is 1. The van der Waals surface area contributed by atoms with Gasteiger partial charge in [0.15, 0.2) is 0 Å². The summed E-state index contributed by atoms with van der Waals surface area (Å²) in [7, 11) is 1.65. The number of aryl methyl sites for hydroxylation is 1. The Hall–Kier alpha value is -1.87. The van der Waals surface area contributed by atoms with E-state index in [9.17, 15) is 0 Å². The summed E-state index contributed by atoms with van der Waals surface area (Å²) in [6.45, 7) is 0.796. The van der Waals surface area contributed by atoms with E-state index in [1.165, 1.54) is 24.0 Å². The molecule has 3 heteroatoms. The van der Waals surface area contributed by atoms with Crippen LogP contribution in [-0.2, 0) is 19.4 Å². The maximum Gasteiger partial charge on any atom is 0.213 e. The van der Waals surface area contributed by atoms with E-state index in [4.69, 9.17) is 4.74 Å². The number of pyridine rings is 1. The summed E-state index contributed by atoms with van der Waals surface area (Å²) >= 11 is 0. The second-order valence-corrected chi connectivity index (χ2v) is 5.26. The molecule has 1 heterocycles. The highest BCUT2D eigenvalue weighted by molar-refractivity contribution is 5.30. The van der Waals surface area contributed by atoms with Gasteiger partial charge in [-0.15, -0.1) is 0 Å². The number of benzene rings is 1. The van der Waals surface area contributed by atoms with Gasteiger partial charge in [0, 0.05) is 18.7 Å².